The van der Waals surface area contributed by atoms with Gasteiger partial charge in [-0.05, 0) is 40.5 Å². The predicted octanol–water partition coefficient (Wildman–Crippen LogP) is 2.49. The SMILES string of the molecule is C=C[C@@H]1CC[C@H](C)N1[S@](=O)C(C)(C)C. The Morgan fingerprint density at radius 2 is 2.00 bits per heavy atom. The van der Waals surface area contributed by atoms with Crippen molar-refractivity contribution in [3.8, 4) is 0 Å². The second-order valence-corrected chi connectivity index (χ2v) is 7.10. The van der Waals surface area contributed by atoms with Gasteiger partial charge >= 0.3 is 0 Å². The van der Waals surface area contributed by atoms with Crippen LogP contribution in [0.3, 0.4) is 0 Å². The van der Waals surface area contributed by atoms with E-state index in [4.69, 9.17) is 0 Å². The third-order valence-corrected chi connectivity index (χ3v) is 4.69. The van der Waals surface area contributed by atoms with Gasteiger partial charge in [-0.3, -0.25) is 0 Å². The molecule has 0 N–H and O–H groups in total. The lowest BCUT2D eigenvalue weighted by atomic mass is 10.2. The van der Waals surface area contributed by atoms with E-state index < -0.39 is 11.0 Å². The van der Waals surface area contributed by atoms with Gasteiger partial charge in [0.25, 0.3) is 0 Å². The van der Waals surface area contributed by atoms with Crippen molar-refractivity contribution in [1.82, 2.24) is 4.31 Å². The van der Waals surface area contributed by atoms with Crippen LogP contribution in [0, 0.1) is 0 Å². The molecule has 2 nitrogen and oxygen atoms in total. The largest absolute Gasteiger partial charge is 0.242 e. The fraction of sp³-hybridized carbons (Fsp3) is 0.818. The highest BCUT2D eigenvalue weighted by Gasteiger charge is 2.37. The maximum absolute atomic E-state index is 12.2. The van der Waals surface area contributed by atoms with Crippen LogP contribution < -0.4 is 0 Å². The first-order valence-electron chi connectivity index (χ1n) is 5.21. The van der Waals surface area contributed by atoms with Crippen LogP contribution in [0.25, 0.3) is 0 Å². The molecule has 0 spiro atoms. The Morgan fingerprint density at radius 1 is 1.43 bits per heavy atom. The van der Waals surface area contributed by atoms with E-state index in [9.17, 15) is 4.21 Å². The van der Waals surface area contributed by atoms with Crippen LogP contribution in [0.2, 0.25) is 0 Å². The molecule has 1 aliphatic heterocycles. The molecule has 0 unspecified atom stereocenters. The van der Waals surface area contributed by atoms with E-state index >= 15 is 0 Å². The van der Waals surface area contributed by atoms with E-state index in [2.05, 4.69) is 17.8 Å². The lowest BCUT2D eigenvalue weighted by Gasteiger charge is -2.31. The molecule has 1 heterocycles. The van der Waals surface area contributed by atoms with Crippen molar-refractivity contribution in [3.05, 3.63) is 12.7 Å². The van der Waals surface area contributed by atoms with Crippen LogP contribution in [0.4, 0.5) is 0 Å². The highest BCUT2D eigenvalue weighted by Crippen LogP contribution is 2.30. The Balaban J connectivity index is 2.84. The fourth-order valence-corrected chi connectivity index (χ4v) is 3.32. The highest BCUT2D eigenvalue weighted by atomic mass is 32.2. The van der Waals surface area contributed by atoms with Crippen molar-refractivity contribution in [2.45, 2.75) is 57.4 Å². The van der Waals surface area contributed by atoms with Gasteiger partial charge in [0.2, 0.25) is 0 Å². The monoisotopic (exact) mass is 215 g/mol. The molecule has 3 heteroatoms. The van der Waals surface area contributed by atoms with E-state index in [1.165, 1.54) is 0 Å². The molecule has 3 atom stereocenters. The van der Waals surface area contributed by atoms with Crippen LogP contribution >= 0.6 is 0 Å². The van der Waals surface area contributed by atoms with E-state index in [1.807, 2.05) is 26.8 Å². The molecule has 82 valence electrons. The smallest absolute Gasteiger partial charge is 0.100 e. The van der Waals surface area contributed by atoms with Crippen molar-refractivity contribution in [1.29, 1.82) is 0 Å². The van der Waals surface area contributed by atoms with Gasteiger partial charge < -0.3 is 0 Å². The van der Waals surface area contributed by atoms with E-state index in [1.54, 1.807) is 0 Å². The summed E-state index contributed by atoms with van der Waals surface area (Å²) in [6.45, 7) is 12.0. The quantitative estimate of drug-likeness (QED) is 0.648. The molecular weight excluding hydrogens is 194 g/mol. The van der Waals surface area contributed by atoms with Crippen molar-refractivity contribution < 1.29 is 4.21 Å². The first-order chi connectivity index (χ1) is 6.38. The lowest BCUT2D eigenvalue weighted by Crippen LogP contribution is -2.43. The minimum absolute atomic E-state index is 0.167. The number of nitrogens with zero attached hydrogens (tertiary/aromatic N) is 1. The molecule has 0 saturated carbocycles. The molecule has 0 bridgehead atoms. The predicted molar refractivity (Wildman–Crippen MR) is 62.4 cm³/mol. The van der Waals surface area contributed by atoms with Crippen LogP contribution in [-0.2, 0) is 11.0 Å². The lowest BCUT2D eigenvalue weighted by molar-refractivity contribution is 0.386. The first kappa shape index (κ1) is 11.9. The van der Waals surface area contributed by atoms with Crippen LogP contribution in [-0.4, -0.2) is 25.3 Å². The summed E-state index contributed by atoms with van der Waals surface area (Å²) in [6.07, 6.45) is 4.14. The Hall–Kier alpha value is -0.150. The molecular formula is C11H21NOS. The van der Waals surface area contributed by atoms with Gasteiger partial charge in [-0.25, -0.2) is 8.51 Å². The van der Waals surface area contributed by atoms with Crippen LogP contribution in [0.15, 0.2) is 12.7 Å². The van der Waals surface area contributed by atoms with Gasteiger partial charge in [-0.15, -0.1) is 6.58 Å². The van der Waals surface area contributed by atoms with Gasteiger partial charge in [-0.2, -0.15) is 0 Å². The fourth-order valence-electron chi connectivity index (χ4n) is 1.82. The Labute approximate surface area is 90.0 Å². The Bertz CT molecular complexity index is 244. The average Bonchev–Trinajstić information content (AvgIpc) is 2.43. The Morgan fingerprint density at radius 3 is 2.43 bits per heavy atom. The molecule has 0 aromatic carbocycles. The molecule has 1 aliphatic rings. The molecule has 0 aromatic rings. The van der Waals surface area contributed by atoms with Gasteiger partial charge in [-0.1, -0.05) is 6.08 Å². The minimum atomic E-state index is -0.911. The molecule has 0 aromatic heterocycles. The zero-order valence-corrected chi connectivity index (χ0v) is 10.4. The molecule has 14 heavy (non-hydrogen) atoms. The summed E-state index contributed by atoms with van der Waals surface area (Å²) in [7, 11) is -0.911. The van der Waals surface area contributed by atoms with Gasteiger partial charge in [0.15, 0.2) is 0 Å². The molecule has 1 fully saturated rings. The maximum atomic E-state index is 12.2. The average molecular weight is 215 g/mol. The van der Waals surface area contributed by atoms with Gasteiger partial charge in [0.1, 0.15) is 11.0 Å². The second kappa shape index (κ2) is 4.15. The third kappa shape index (κ3) is 2.26. The Kier molecular flexibility index (Phi) is 3.53. The van der Waals surface area contributed by atoms with Crippen LogP contribution in [0.5, 0.6) is 0 Å². The molecule has 0 radical (unpaired) electrons. The number of hydrogen-bond donors (Lipinski definition) is 0. The highest BCUT2D eigenvalue weighted by molar-refractivity contribution is 7.84. The summed E-state index contributed by atoms with van der Waals surface area (Å²) in [5, 5.41) is 0. The zero-order valence-electron chi connectivity index (χ0n) is 9.62. The van der Waals surface area contributed by atoms with E-state index in [-0.39, 0.29) is 4.75 Å². The van der Waals surface area contributed by atoms with Crippen molar-refractivity contribution in [3.63, 3.8) is 0 Å². The van der Waals surface area contributed by atoms with Crippen molar-refractivity contribution in [2.24, 2.45) is 0 Å². The first-order valence-corrected chi connectivity index (χ1v) is 6.31. The van der Waals surface area contributed by atoms with E-state index in [0.29, 0.717) is 12.1 Å². The van der Waals surface area contributed by atoms with Gasteiger partial charge in [0, 0.05) is 12.1 Å². The summed E-state index contributed by atoms with van der Waals surface area (Å²) in [5.41, 5.74) is 0. The van der Waals surface area contributed by atoms with Crippen molar-refractivity contribution >= 4 is 11.0 Å². The standard InChI is InChI=1S/C11H21NOS/c1-6-10-8-7-9(2)12(10)14(13)11(3,4)5/h6,9-10H,1,7-8H2,2-5H3/t9-,10+,14+/m0/s1. The third-order valence-electron chi connectivity index (χ3n) is 2.63. The summed E-state index contributed by atoms with van der Waals surface area (Å²) in [4.78, 5) is 0. The summed E-state index contributed by atoms with van der Waals surface area (Å²) < 4.78 is 14.2. The summed E-state index contributed by atoms with van der Waals surface area (Å²) in [5.74, 6) is 0. The topological polar surface area (TPSA) is 20.3 Å². The number of rotatable bonds is 2. The molecule has 1 saturated heterocycles. The normalized spacial score (nSPS) is 31.7. The second-order valence-electron chi connectivity index (χ2n) is 4.95. The molecule has 0 amide bonds. The number of hydrogen-bond acceptors (Lipinski definition) is 1. The van der Waals surface area contributed by atoms with Gasteiger partial charge in [0.05, 0.1) is 4.75 Å². The maximum Gasteiger partial charge on any atom is 0.100 e. The minimum Gasteiger partial charge on any atom is -0.242 e. The van der Waals surface area contributed by atoms with E-state index in [0.717, 1.165) is 12.8 Å². The summed E-state index contributed by atoms with van der Waals surface area (Å²) in [6, 6.07) is 0.711. The van der Waals surface area contributed by atoms with Crippen molar-refractivity contribution in [2.75, 3.05) is 0 Å². The van der Waals surface area contributed by atoms with Crippen LogP contribution in [0.1, 0.15) is 40.5 Å². The molecule has 1 rings (SSSR count). The molecule has 0 aliphatic carbocycles. The zero-order chi connectivity index (χ0) is 10.9. The summed E-state index contributed by atoms with van der Waals surface area (Å²) >= 11 is 0.